The third-order valence-corrected chi connectivity index (χ3v) is 9.48. The van der Waals surface area contributed by atoms with Gasteiger partial charge in [0.1, 0.15) is 12.6 Å². The maximum absolute atomic E-state index is 14.1. The van der Waals surface area contributed by atoms with Crippen LogP contribution in [0.15, 0.2) is 88.7 Å². The van der Waals surface area contributed by atoms with E-state index in [0.717, 1.165) is 33.2 Å². The molecule has 0 aliphatic heterocycles. The highest BCUT2D eigenvalue weighted by atomic mass is 32.2. The van der Waals surface area contributed by atoms with Gasteiger partial charge in [-0.15, -0.1) is 11.8 Å². The van der Waals surface area contributed by atoms with Crippen molar-refractivity contribution in [3.05, 3.63) is 90.0 Å². The summed E-state index contributed by atoms with van der Waals surface area (Å²) in [6, 6.07) is 22.7. The van der Waals surface area contributed by atoms with Gasteiger partial charge in [0.15, 0.2) is 0 Å². The van der Waals surface area contributed by atoms with Crippen LogP contribution >= 0.6 is 11.8 Å². The number of hydrogen-bond acceptors (Lipinski definition) is 5. The quantitative estimate of drug-likeness (QED) is 0.181. The lowest BCUT2D eigenvalue weighted by Crippen LogP contribution is -2.53. The zero-order valence-corrected chi connectivity index (χ0v) is 26.0. The van der Waals surface area contributed by atoms with Crippen molar-refractivity contribution in [2.24, 2.45) is 0 Å². The summed E-state index contributed by atoms with van der Waals surface area (Å²) in [4.78, 5) is 29.9. The van der Waals surface area contributed by atoms with E-state index in [2.05, 4.69) is 5.32 Å². The Hall–Kier alpha value is -3.30. The average Bonchev–Trinajstić information content (AvgIpc) is 2.99. The fraction of sp³-hybridized carbons (Fsp3) is 0.375. The van der Waals surface area contributed by atoms with E-state index in [9.17, 15) is 18.0 Å². The van der Waals surface area contributed by atoms with Gasteiger partial charge >= 0.3 is 0 Å². The topological polar surface area (TPSA) is 86.8 Å². The molecule has 0 aromatic heterocycles. The number of nitrogens with one attached hydrogen (secondary N) is 1. The molecule has 7 nitrogen and oxygen atoms in total. The molecule has 2 amide bonds. The predicted molar refractivity (Wildman–Crippen MR) is 168 cm³/mol. The highest BCUT2D eigenvalue weighted by Gasteiger charge is 2.33. The van der Waals surface area contributed by atoms with Crippen LogP contribution in [0.3, 0.4) is 0 Å². The number of carbonyl (C=O) groups excluding carboxylic acids is 2. The Morgan fingerprint density at radius 2 is 1.59 bits per heavy atom. The molecule has 3 aromatic rings. The molecule has 0 bridgehead atoms. The zero-order chi connectivity index (χ0) is 29.8. The van der Waals surface area contributed by atoms with E-state index in [4.69, 9.17) is 0 Å². The summed E-state index contributed by atoms with van der Waals surface area (Å²) >= 11 is 1.52. The summed E-state index contributed by atoms with van der Waals surface area (Å²) in [5, 5.41) is 2.96. The molecule has 9 heteroatoms. The molecule has 0 heterocycles. The number of carbonyl (C=O) groups is 2. The first-order chi connectivity index (χ1) is 19.7. The Bertz CT molecular complexity index is 1360. The lowest BCUT2D eigenvalue weighted by Gasteiger charge is -2.33. The van der Waals surface area contributed by atoms with Gasteiger partial charge in [-0.05, 0) is 74.4 Å². The molecule has 1 atom stereocenters. The molecule has 0 fully saturated rings. The van der Waals surface area contributed by atoms with Crippen molar-refractivity contribution in [3.8, 4) is 0 Å². The summed E-state index contributed by atoms with van der Waals surface area (Å²) in [5.74, 6) is -0.650. The van der Waals surface area contributed by atoms with E-state index < -0.39 is 28.5 Å². The highest BCUT2D eigenvalue weighted by molar-refractivity contribution is 7.98. The smallest absolute Gasteiger partial charge is 0.264 e. The first kappa shape index (κ1) is 32.2. The van der Waals surface area contributed by atoms with Gasteiger partial charge in [-0.3, -0.25) is 13.9 Å². The van der Waals surface area contributed by atoms with Crippen LogP contribution in [0.1, 0.15) is 44.2 Å². The monoisotopic (exact) mass is 595 g/mol. The number of nitrogens with zero attached hydrogens (tertiary/aromatic N) is 2. The molecule has 1 N–H and O–H groups in total. The van der Waals surface area contributed by atoms with E-state index in [1.165, 1.54) is 11.8 Å². The first-order valence-electron chi connectivity index (χ1n) is 14.1. The molecule has 0 radical (unpaired) electrons. The number of amides is 2. The average molecular weight is 596 g/mol. The third-order valence-electron chi connectivity index (χ3n) is 6.95. The van der Waals surface area contributed by atoms with E-state index >= 15 is 0 Å². The van der Waals surface area contributed by atoms with Crippen LogP contribution in [-0.2, 0) is 26.0 Å². The number of rotatable bonds is 15. The van der Waals surface area contributed by atoms with Crippen molar-refractivity contribution in [2.45, 2.75) is 62.3 Å². The number of aryl methyl sites for hydroxylation is 1. The van der Waals surface area contributed by atoms with Crippen LogP contribution in [-0.4, -0.2) is 57.1 Å². The van der Waals surface area contributed by atoms with E-state index in [1.807, 2.05) is 69.5 Å². The Kier molecular flexibility index (Phi) is 12.3. The third kappa shape index (κ3) is 8.84. The summed E-state index contributed by atoms with van der Waals surface area (Å²) in [6.07, 6.45) is 4.65. The summed E-state index contributed by atoms with van der Waals surface area (Å²) in [6.45, 7) is 6.23. The van der Waals surface area contributed by atoms with Gasteiger partial charge < -0.3 is 10.2 Å². The molecule has 0 aliphatic rings. The van der Waals surface area contributed by atoms with Crippen molar-refractivity contribution in [3.63, 3.8) is 0 Å². The Morgan fingerprint density at radius 1 is 0.927 bits per heavy atom. The number of anilines is 1. The minimum atomic E-state index is -4.08. The second-order valence-corrected chi connectivity index (χ2v) is 12.7. The van der Waals surface area contributed by atoms with Gasteiger partial charge in [0.2, 0.25) is 11.8 Å². The van der Waals surface area contributed by atoms with E-state index in [1.54, 1.807) is 41.3 Å². The van der Waals surface area contributed by atoms with Crippen molar-refractivity contribution >= 4 is 39.3 Å². The van der Waals surface area contributed by atoms with Crippen molar-refractivity contribution in [2.75, 3.05) is 30.2 Å². The number of sulfonamides is 1. The molecule has 3 aromatic carbocycles. The number of unbranched alkanes of at least 4 members (excludes halogenated alkanes) is 1. The molecule has 0 aliphatic carbocycles. The van der Waals surface area contributed by atoms with Crippen LogP contribution in [0, 0.1) is 6.92 Å². The SMILES string of the molecule is CCCCNC(=O)[C@H](CC)N(CCc1ccccc1)C(=O)CN(c1ccc(C)cc1)S(=O)(=O)c1ccc(SC)cc1. The van der Waals surface area contributed by atoms with Crippen molar-refractivity contribution in [1.82, 2.24) is 10.2 Å². The fourth-order valence-electron chi connectivity index (χ4n) is 4.52. The minimum absolute atomic E-state index is 0.101. The molecular formula is C32H41N3O4S2. The standard InChI is InChI=1S/C32H41N3O4S2/c1-5-7-22-33-32(37)30(6-2)34(23-21-26-11-9-8-10-12-26)31(36)24-35(27-15-13-25(3)14-16-27)41(38,39)29-19-17-28(40-4)18-20-29/h8-20,30H,5-7,21-24H2,1-4H3,(H,33,37)/t30-/m0/s1. The summed E-state index contributed by atoms with van der Waals surface area (Å²) in [7, 11) is -4.08. The van der Waals surface area contributed by atoms with Crippen LogP contribution in [0.2, 0.25) is 0 Å². The van der Waals surface area contributed by atoms with Crippen molar-refractivity contribution in [1.29, 1.82) is 0 Å². The number of thioether (sulfide) groups is 1. The van der Waals surface area contributed by atoms with Crippen LogP contribution in [0.4, 0.5) is 5.69 Å². The van der Waals surface area contributed by atoms with Gasteiger partial charge in [-0.2, -0.15) is 0 Å². The van der Waals surface area contributed by atoms with Gasteiger partial charge in [0, 0.05) is 18.0 Å². The molecule has 0 saturated carbocycles. The van der Waals surface area contributed by atoms with Gasteiger partial charge in [-0.25, -0.2) is 8.42 Å². The minimum Gasteiger partial charge on any atom is -0.354 e. The van der Waals surface area contributed by atoms with Crippen molar-refractivity contribution < 1.29 is 18.0 Å². The molecule has 0 saturated heterocycles. The fourth-order valence-corrected chi connectivity index (χ4v) is 6.34. The molecule has 41 heavy (non-hydrogen) atoms. The highest BCUT2D eigenvalue weighted by Crippen LogP contribution is 2.26. The second-order valence-electron chi connectivity index (χ2n) is 9.91. The van der Waals surface area contributed by atoms with Crippen LogP contribution < -0.4 is 9.62 Å². The maximum Gasteiger partial charge on any atom is 0.264 e. The van der Waals surface area contributed by atoms with E-state index in [-0.39, 0.29) is 17.3 Å². The number of benzene rings is 3. The summed E-state index contributed by atoms with van der Waals surface area (Å²) < 4.78 is 29.1. The second kappa shape index (κ2) is 15.6. The van der Waals surface area contributed by atoms with Crippen LogP contribution in [0.5, 0.6) is 0 Å². The molecule has 220 valence electrons. The lowest BCUT2D eigenvalue weighted by atomic mass is 10.1. The van der Waals surface area contributed by atoms with Crippen LogP contribution in [0.25, 0.3) is 0 Å². The summed E-state index contributed by atoms with van der Waals surface area (Å²) in [5.41, 5.74) is 2.39. The zero-order valence-electron chi connectivity index (χ0n) is 24.4. The molecule has 0 unspecified atom stereocenters. The normalized spacial score (nSPS) is 12.0. The first-order valence-corrected chi connectivity index (χ1v) is 16.7. The van der Waals surface area contributed by atoms with Gasteiger partial charge in [0.05, 0.1) is 10.6 Å². The molecule has 3 rings (SSSR count). The lowest BCUT2D eigenvalue weighted by molar-refractivity contribution is -0.139. The largest absolute Gasteiger partial charge is 0.354 e. The Labute approximate surface area is 249 Å². The predicted octanol–water partition coefficient (Wildman–Crippen LogP) is 5.68. The maximum atomic E-state index is 14.1. The Balaban J connectivity index is 1.98. The van der Waals surface area contributed by atoms with Gasteiger partial charge in [-0.1, -0.05) is 68.3 Å². The van der Waals surface area contributed by atoms with E-state index in [0.29, 0.717) is 25.1 Å². The Morgan fingerprint density at radius 3 is 2.17 bits per heavy atom. The van der Waals surface area contributed by atoms with Gasteiger partial charge in [0.25, 0.3) is 10.0 Å². The molecular weight excluding hydrogens is 555 g/mol. The number of hydrogen-bond donors (Lipinski definition) is 1. The molecule has 0 spiro atoms.